The molecule has 1 aromatic heterocycles. The van der Waals surface area contributed by atoms with E-state index < -0.39 is 5.82 Å². The van der Waals surface area contributed by atoms with E-state index in [0.29, 0.717) is 12.1 Å². The Morgan fingerprint density at radius 3 is 2.45 bits per heavy atom. The predicted octanol–water partition coefficient (Wildman–Crippen LogP) is 4.83. The highest BCUT2D eigenvalue weighted by Crippen LogP contribution is 2.40. The summed E-state index contributed by atoms with van der Waals surface area (Å²) in [4.78, 5) is 19.7. The summed E-state index contributed by atoms with van der Waals surface area (Å²) < 4.78 is 16.3. The molecule has 0 radical (unpaired) electrons. The van der Waals surface area contributed by atoms with Gasteiger partial charge in [-0.05, 0) is 51.0 Å². The van der Waals surface area contributed by atoms with Crippen LogP contribution in [0.4, 0.5) is 10.3 Å². The van der Waals surface area contributed by atoms with Crippen LogP contribution in [0.3, 0.4) is 0 Å². The van der Waals surface area contributed by atoms with Crippen molar-refractivity contribution in [1.82, 2.24) is 14.9 Å². The number of fused-ring (bicyclic) bond motifs is 1. The number of amides is 1. The normalized spacial score (nSPS) is 21.7. The number of nitrogens with zero attached hydrogens (tertiary/aromatic N) is 3. The monoisotopic (exact) mass is 418 g/mol. The Morgan fingerprint density at radius 2 is 1.79 bits per heavy atom. The van der Waals surface area contributed by atoms with Crippen molar-refractivity contribution in [2.45, 2.75) is 69.9 Å². The molecule has 0 bridgehead atoms. The smallest absolute Gasteiger partial charge is 0.223 e. The van der Waals surface area contributed by atoms with Gasteiger partial charge in [-0.3, -0.25) is 4.79 Å². The molecule has 2 heterocycles. The molecule has 5 rings (SSSR count). The third-order valence-corrected chi connectivity index (χ3v) is 7.29. The summed E-state index contributed by atoms with van der Waals surface area (Å²) in [6.45, 7) is 1.60. The topological polar surface area (TPSA) is 50.2 Å². The molecule has 7 heteroatoms. The maximum absolute atomic E-state index is 14.1. The molecular formula is C22H28ClFN4O. The van der Waals surface area contributed by atoms with Gasteiger partial charge in [0, 0.05) is 37.2 Å². The molecule has 156 valence electrons. The molecule has 1 aliphatic heterocycles. The minimum atomic E-state index is -0.395. The SMILES string of the molecule is O=C(NC1CCCC1)C1CCN(c2nc3cc(Cl)c(F)cc3n2C2CCC2)CC1. The van der Waals surface area contributed by atoms with Crippen LogP contribution >= 0.6 is 11.6 Å². The zero-order valence-corrected chi connectivity index (χ0v) is 17.4. The van der Waals surface area contributed by atoms with Crippen molar-refractivity contribution < 1.29 is 9.18 Å². The van der Waals surface area contributed by atoms with Gasteiger partial charge >= 0.3 is 0 Å². The van der Waals surface area contributed by atoms with Crippen molar-refractivity contribution in [1.29, 1.82) is 0 Å². The molecule has 2 aromatic rings. The lowest BCUT2D eigenvalue weighted by atomic mass is 9.92. The number of halogens is 2. The number of benzene rings is 1. The highest BCUT2D eigenvalue weighted by atomic mass is 35.5. The van der Waals surface area contributed by atoms with Crippen LogP contribution in [0.5, 0.6) is 0 Å². The van der Waals surface area contributed by atoms with E-state index in [4.69, 9.17) is 16.6 Å². The molecule has 0 spiro atoms. The fourth-order valence-electron chi connectivity index (χ4n) is 5.04. The summed E-state index contributed by atoms with van der Waals surface area (Å²) >= 11 is 6.00. The van der Waals surface area contributed by atoms with Crippen LogP contribution in [0.25, 0.3) is 11.0 Å². The van der Waals surface area contributed by atoms with Crippen LogP contribution in [0, 0.1) is 11.7 Å². The van der Waals surface area contributed by atoms with Crippen LogP contribution in [-0.4, -0.2) is 34.6 Å². The summed E-state index contributed by atoms with van der Waals surface area (Å²) in [5, 5.41) is 3.37. The van der Waals surface area contributed by atoms with E-state index in [2.05, 4.69) is 14.8 Å². The fraction of sp³-hybridized carbons (Fsp3) is 0.636. The fourth-order valence-corrected chi connectivity index (χ4v) is 5.19. The van der Waals surface area contributed by atoms with Crippen molar-refractivity contribution in [3.8, 4) is 0 Å². The molecule has 5 nitrogen and oxygen atoms in total. The van der Waals surface area contributed by atoms with Gasteiger partial charge in [-0.2, -0.15) is 0 Å². The Morgan fingerprint density at radius 1 is 1.07 bits per heavy atom. The lowest BCUT2D eigenvalue weighted by molar-refractivity contribution is -0.126. The molecule has 2 saturated carbocycles. The molecule has 0 atom stereocenters. The molecule has 1 saturated heterocycles. The first-order valence-electron chi connectivity index (χ1n) is 11.0. The van der Waals surface area contributed by atoms with E-state index >= 15 is 0 Å². The molecule has 3 fully saturated rings. The highest BCUT2D eigenvalue weighted by molar-refractivity contribution is 6.31. The number of carbonyl (C=O) groups excluding carboxylic acids is 1. The minimum Gasteiger partial charge on any atom is -0.353 e. The molecule has 3 aliphatic rings. The van der Waals surface area contributed by atoms with E-state index in [0.717, 1.165) is 68.6 Å². The summed E-state index contributed by atoms with van der Waals surface area (Å²) in [7, 11) is 0. The number of carbonyl (C=O) groups is 1. The van der Waals surface area contributed by atoms with Gasteiger partial charge in [-0.15, -0.1) is 0 Å². The van der Waals surface area contributed by atoms with Crippen molar-refractivity contribution >= 4 is 34.5 Å². The number of hydrogen-bond donors (Lipinski definition) is 1. The molecule has 2 aliphatic carbocycles. The standard InChI is InChI=1S/C22H28ClFN4O/c23-17-12-19-20(13-18(17)24)28(16-6-3-7-16)22(26-19)27-10-8-14(9-11-27)21(29)25-15-4-1-2-5-15/h12-16H,1-11H2,(H,25,29). The van der Waals surface area contributed by atoms with Crippen molar-refractivity contribution in [2.24, 2.45) is 5.92 Å². The minimum absolute atomic E-state index is 0.0836. The van der Waals surface area contributed by atoms with Gasteiger partial charge in [0.25, 0.3) is 0 Å². The summed E-state index contributed by atoms with van der Waals surface area (Å²) in [6, 6.07) is 3.91. The average Bonchev–Trinajstić information content (AvgIpc) is 3.30. The van der Waals surface area contributed by atoms with E-state index in [9.17, 15) is 9.18 Å². The van der Waals surface area contributed by atoms with E-state index in [1.165, 1.54) is 25.3 Å². The van der Waals surface area contributed by atoms with Gasteiger partial charge in [0.15, 0.2) is 0 Å². The average molecular weight is 419 g/mol. The number of hydrogen-bond acceptors (Lipinski definition) is 3. The molecule has 1 aromatic carbocycles. The number of nitrogens with one attached hydrogen (secondary N) is 1. The quantitative estimate of drug-likeness (QED) is 0.773. The van der Waals surface area contributed by atoms with Gasteiger partial charge in [0.05, 0.1) is 16.1 Å². The molecule has 1 N–H and O–H groups in total. The lowest BCUT2D eigenvalue weighted by Crippen LogP contribution is -2.44. The Kier molecular flexibility index (Phi) is 5.14. The Labute approximate surface area is 175 Å². The Balaban J connectivity index is 1.34. The van der Waals surface area contributed by atoms with Crippen LogP contribution in [-0.2, 0) is 4.79 Å². The maximum atomic E-state index is 14.1. The number of anilines is 1. The first-order valence-corrected chi connectivity index (χ1v) is 11.4. The number of piperidine rings is 1. The van der Waals surface area contributed by atoms with Crippen LogP contribution < -0.4 is 10.2 Å². The van der Waals surface area contributed by atoms with Crippen molar-refractivity contribution in [3.63, 3.8) is 0 Å². The second-order valence-electron chi connectivity index (χ2n) is 8.87. The summed E-state index contributed by atoms with van der Waals surface area (Å²) in [6.07, 6.45) is 9.76. The zero-order chi connectivity index (χ0) is 20.0. The number of rotatable bonds is 4. The van der Waals surface area contributed by atoms with Crippen LogP contribution in [0.1, 0.15) is 63.8 Å². The molecule has 1 amide bonds. The molecule has 0 unspecified atom stereocenters. The second kappa shape index (κ2) is 7.78. The van der Waals surface area contributed by atoms with Gasteiger partial charge in [0.1, 0.15) is 5.82 Å². The van der Waals surface area contributed by atoms with Crippen LogP contribution in [0.15, 0.2) is 12.1 Å². The largest absolute Gasteiger partial charge is 0.353 e. The van der Waals surface area contributed by atoms with Gasteiger partial charge in [0.2, 0.25) is 11.9 Å². The van der Waals surface area contributed by atoms with Crippen LogP contribution in [0.2, 0.25) is 5.02 Å². The van der Waals surface area contributed by atoms with Crippen molar-refractivity contribution in [3.05, 3.63) is 23.0 Å². The summed E-state index contributed by atoms with van der Waals surface area (Å²) in [5.41, 5.74) is 1.58. The molecule has 29 heavy (non-hydrogen) atoms. The Bertz CT molecular complexity index is 911. The lowest BCUT2D eigenvalue weighted by Gasteiger charge is -2.36. The number of imidazole rings is 1. The first-order chi connectivity index (χ1) is 14.1. The number of aromatic nitrogens is 2. The third kappa shape index (κ3) is 3.60. The van der Waals surface area contributed by atoms with E-state index in [1.54, 1.807) is 6.07 Å². The first kappa shape index (κ1) is 19.2. The van der Waals surface area contributed by atoms with E-state index in [1.807, 2.05) is 0 Å². The van der Waals surface area contributed by atoms with Gasteiger partial charge in [-0.1, -0.05) is 24.4 Å². The predicted molar refractivity (Wildman–Crippen MR) is 113 cm³/mol. The summed E-state index contributed by atoms with van der Waals surface area (Å²) in [5.74, 6) is 0.813. The maximum Gasteiger partial charge on any atom is 0.223 e. The Hall–Kier alpha value is -1.82. The zero-order valence-electron chi connectivity index (χ0n) is 16.7. The van der Waals surface area contributed by atoms with Crippen molar-refractivity contribution in [2.75, 3.05) is 18.0 Å². The van der Waals surface area contributed by atoms with Gasteiger partial charge < -0.3 is 14.8 Å². The van der Waals surface area contributed by atoms with Gasteiger partial charge in [-0.25, -0.2) is 9.37 Å². The molecular weight excluding hydrogens is 391 g/mol. The highest BCUT2D eigenvalue weighted by Gasteiger charge is 2.32. The second-order valence-corrected chi connectivity index (χ2v) is 9.28. The van der Waals surface area contributed by atoms with E-state index in [-0.39, 0.29) is 16.8 Å². The third-order valence-electron chi connectivity index (χ3n) is 7.00.